The molecule has 282 valence electrons. The van der Waals surface area contributed by atoms with Crippen molar-refractivity contribution in [2.45, 2.75) is 0 Å². The summed E-state index contributed by atoms with van der Waals surface area (Å²) >= 11 is 1.80. The summed E-state index contributed by atoms with van der Waals surface area (Å²) in [5.41, 5.74) is 6.27. The van der Waals surface area contributed by atoms with Crippen molar-refractivity contribution in [3.05, 3.63) is 200 Å². The Balaban J connectivity index is 1.11. The molecule has 0 bridgehead atoms. The van der Waals surface area contributed by atoms with Gasteiger partial charge in [-0.15, -0.1) is 11.3 Å². The predicted octanol–water partition coefficient (Wildman–Crippen LogP) is 15.8. The van der Waals surface area contributed by atoms with E-state index in [1.54, 1.807) is 11.3 Å². The zero-order valence-corrected chi connectivity index (χ0v) is 33.6. The van der Waals surface area contributed by atoms with Crippen molar-refractivity contribution in [1.82, 2.24) is 15.0 Å². The average molecular weight is 792 g/mol. The summed E-state index contributed by atoms with van der Waals surface area (Å²) in [5.74, 6) is 1.91. The highest BCUT2D eigenvalue weighted by atomic mass is 32.1. The van der Waals surface area contributed by atoms with Crippen LogP contribution in [0.3, 0.4) is 0 Å². The van der Waals surface area contributed by atoms with E-state index in [2.05, 4.69) is 194 Å². The van der Waals surface area contributed by atoms with E-state index in [1.807, 2.05) is 6.07 Å². The Morgan fingerprint density at radius 1 is 0.279 bits per heavy atom. The van der Waals surface area contributed by atoms with Crippen LogP contribution in [0.2, 0.25) is 0 Å². The van der Waals surface area contributed by atoms with Gasteiger partial charge in [0, 0.05) is 31.8 Å². The van der Waals surface area contributed by atoms with E-state index in [9.17, 15) is 0 Å². The van der Waals surface area contributed by atoms with Crippen LogP contribution in [0.4, 0.5) is 0 Å². The normalized spacial score (nSPS) is 11.9. The first-order chi connectivity index (χ1) is 30.2. The molecule has 61 heavy (non-hydrogen) atoms. The molecule has 13 rings (SSSR count). The van der Waals surface area contributed by atoms with Crippen molar-refractivity contribution >= 4 is 86.1 Å². The van der Waals surface area contributed by atoms with Crippen LogP contribution in [0.1, 0.15) is 0 Å². The third-order valence-electron chi connectivity index (χ3n) is 12.4. The first-order valence-electron chi connectivity index (χ1n) is 20.7. The number of thiophene rings is 1. The van der Waals surface area contributed by atoms with Gasteiger partial charge >= 0.3 is 0 Å². The molecule has 0 atom stereocenters. The molecule has 0 N–H and O–H groups in total. The summed E-state index contributed by atoms with van der Waals surface area (Å²) in [7, 11) is 0. The van der Waals surface area contributed by atoms with Gasteiger partial charge in [0.2, 0.25) is 0 Å². The number of benzene rings is 10. The van der Waals surface area contributed by atoms with Gasteiger partial charge in [-0.05, 0) is 105 Å². The van der Waals surface area contributed by atoms with E-state index >= 15 is 0 Å². The maximum Gasteiger partial charge on any atom is 0.164 e. The van der Waals surface area contributed by atoms with Gasteiger partial charge < -0.3 is 0 Å². The summed E-state index contributed by atoms with van der Waals surface area (Å²) in [6, 6.07) is 72.3. The van der Waals surface area contributed by atoms with Gasteiger partial charge in [-0.1, -0.05) is 176 Å². The molecule has 2 heterocycles. The van der Waals surface area contributed by atoms with Crippen LogP contribution in [-0.4, -0.2) is 15.0 Å². The van der Waals surface area contributed by atoms with Crippen molar-refractivity contribution in [3.63, 3.8) is 0 Å². The molecule has 0 radical (unpaired) electrons. The summed E-state index contributed by atoms with van der Waals surface area (Å²) in [4.78, 5) is 17.2. The molecule has 4 heteroatoms. The number of hydrogen-bond donors (Lipinski definition) is 0. The summed E-state index contributed by atoms with van der Waals surface area (Å²) in [6.45, 7) is 0. The monoisotopic (exact) mass is 791 g/mol. The van der Waals surface area contributed by atoms with Gasteiger partial charge in [-0.3, -0.25) is 0 Å². The minimum Gasteiger partial charge on any atom is -0.208 e. The largest absolute Gasteiger partial charge is 0.208 e. The number of aromatic nitrogens is 3. The molecular formula is C57H33N3S. The number of nitrogens with zero attached hydrogens (tertiary/aromatic N) is 3. The minimum absolute atomic E-state index is 0.634. The van der Waals surface area contributed by atoms with E-state index < -0.39 is 0 Å². The van der Waals surface area contributed by atoms with Gasteiger partial charge in [0.05, 0.1) is 0 Å². The Labute approximate surface area is 355 Å². The predicted molar refractivity (Wildman–Crippen MR) is 259 cm³/mol. The number of rotatable bonds is 5. The smallest absolute Gasteiger partial charge is 0.164 e. The molecule has 13 aromatic rings. The van der Waals surface area contributed by atoms with Crippen molar-refractivity contribution in [2.24, 2.45) is 0 Å². The molecule has 0 unspecified atom stereocenters. The number of fused-ring (bicyclic) bond motifs is 3. The quantitative estimate of drug-likeness (QED) is 0.163. The average Bonchev–Trinajstić information content (AvgIpc) is 3.77. The van der Waals surface area contributed by atoms with Crippen molar-refractivity contribution in [3.8, 4) is 55.7 Å². The first kappa shape index (κ1) is 34.1. The fraction of sp³-hybridized carbons (Fsp3) is 0. The van der Waals surface area contributed by atoms with Crippen molar-refractivity contribution in [1.29, 1.82) is 0 Å². The van der Waals surface area contributed by atoms with Crippen molar-refractivity contribution < 1.29 is 0 Å². The Morgan fingerprint density at radius 2 is 0.770 bits per heavy atom. The first-order valence-corrected chi connectivity index (χ1v) is 21.5. The maximum atomic E-state index is 5.41. The third kappa shape index (κ3) is 5.39. The Bertz CT molecular complexity index is 3830. The number of hydrogen-bond acceptors (Lipinski definition) is 4. The highest BCUT2D eigenvalue weighted by Gasteiger charge is 2.20. The highest BCUT2D eigenvalue weighted by molar-refractivity contribution is 7.22. The molecule has 0 aliphatic carbocycles. The lowest BCUT2D eigenvalue weighted by Gasteiger charge is -2.17. The molecule has 3 nitrogen and oxygen atoms in total. The lowest BCUT2D eigenvalue weighted by Crippen LogP contribution is -2.01. The zero-order valence-electron chi connectivity index (χ0n) is 32.8. The molecule has 11 aromatic carbocycles. The van der Waals surface area contributed by atoms with Gasteiger partial charge in [-0.2, -0.15) is 0 Å². The van der Waals surface area contributed by atoms with Crippen LogP contribution in [0.25, 0.3) is 130 Å². The molecule has 0 saturated carbocycles. The highest BCUT2D eigenvalue weighted by Crippen LogP contribution is 2.45. The molecule has 0 saturated heterocycles. The third-order valence-corrected chi connectivity index (χ3v) is 13.6. The second-order valence-corrected chi connectivity index (χ2v) is 17.0. The van der Waals surface area contributed by atoms with E-state index in [-0.39, 0.29) is 0 Å². The summed E-state index contributed by atoms with van der Waals surface area (Å²) < 4.78 is 1.25. The summed E-state index contributed by atoms with van der Waals surface area (Å²) in [6.07, 6.45) is 0. The fourth-order valence-electron chi connectivity index (χ4n) is 9.62. The van der Waals surface area contributed by atoms with Crippen LogP contribution in [0.15, 0.2) is 200 Å². The minimum atomic E-state index is 0.634. The molecule has 0 fully saturated rings. The fourth-order valence-corrected chi connectivity index (χ4v) is 10.7. The van der Waals surface area contributed by atoms with Gasteiger partial charge in [0.1, 0.15) is 0 Å². The second-order valence-electron chi connectivity index (χ2n) is 15.9. The standard InChI is InChI=1S/C57H33N3S/c1-2-11-34(12-3-1)35-23-28-39(29-24-35)55-58-56(60-57(59-55)47-18-6-5-17-43(47)50-33-40-13-4-7-22-49(40)61-50)42-31-41-30-27-38-15-9-20-45-44-19-8-14-36-25-26-37-16-10-21-46(53(37)51(36)44)48(32-42)54(41)52(38)45/h1-33H. The topological polar surface area (TPSA) is 38.7 Å². The van der Waals surface area contributed by atoms with E-state index in [4.69, 9.17) is 15.0 Å². The van der Waals surface area contributed by atoms with Crippen LogP contribution in [0.5, 0.6) is 0 Å². The second kappa shape index (κ2) is 13.4. The Hall–Kier alpha value is -7.79. The summed E-state index contributed by atoms with van der Waals surface area (Å²) in [5, 5.41) is 16.1. The molecule has 0 aliphatic heterocycles. The Kier molecular flexibility index (Phi) is 7.47. The van der Waals surface area contributed by atoms with E-state index in [0.717, 1.165) is 33.2 Å². The van der Waals surface area contributed by atoms with Crippen LogP contribution in [-0.2, 0) is 0 Å². The molecule has 2 aromatic heterocycles. The van der Waals surface area contributed by atoms with Crippen LogP contribution >= 0.6 is 11.3 Å². The lowest BCUT2D eigenvalue weighted by molar-refractivity contribution is 1.08. The van der Waals surface area contributed by atoms with E-state index in [0.29, 0.717) is 17.5 Å². The maximum absolute atomic E-state index is 5.41. The SMILES string of the molecule is c1ccc(-c2ccc(-c3nc(-c4cc5ccc6cccc7c8cccc9ccc%10cccc(c(c4)c5c67)c%10c98)nc(-c4ccccc4-c4cc5ccccc5s4)n3)cc2)cc1. The Morgan fingerprint density at radius 3 is 1.44 bits per heavy atom. The molecule has 0 spiro atoms. The lowest BCUT2D eigenvalue weighted by atomic mass is 9.87. The van der Waals surface area contributed by atoms with E-state index in [1.165, 1.54) is 79.8 Å². The van der Waals surface area contributed by atoms with Gasteiger partial charge in [0.25, 0.3) is 0 Å². The van der Waals surface area contributed by atoms with Gasteiger partial charge in [0.15, 0.2) is 17.5 Å². The van der Waals surface area contributed by atoms with Crippen LogP contribution < -0.4 is 0 Å². The van der Waals surface area contributed by atoms with Crippen LogP contribution in [0, 0.1) is 0 Å². The molecule has 0 amide bonds. The van der Waals surface area contributed by atoms with Gasteiger partial charge in [-0.25, -0.2) is 15.0 Å². The molecule has 0 aliphatic rings. The zero-order chi connectivity index (χ0) is 40.0. The van der Waals surface area contributed by atoms with Crippen molar-refractivity contribution in [2.75, 3.05) is 0 Å². The molecular weight excluding hydrogens is 759 g/mol.